The molecule has 2 aromatic heterocycles. The zero-order chi connectivity index (χ0) is 29.5. The van der Waals surface area contributed by atoms with Gasteiger partial charge in [0.05, 0.1) is 41.8 Å². The smallest absolute Gasteiger partial charge is 0.230 e. The Kier molecular flexibility index (Phi) is 9.21. The molecule has 220 valence electrons. The van der Waals surface area contributed by atoms with Crippen molar-refractivity contribution in [3.8, 4) is 22.6 Å². The zero-order valence-corrected chi connectivity index (χ0v) is 23.9. The van der Waals surface area contributed by atoms with E-state index < -0.39 is 11.7 Å². The second-order valence-corrected chi connectivity index (χ2v) is 10.5. The lowest BCUT2D eigenvalue weighted by atomic mass is 9.91. The van der Waals surface area contributed by atoms with E-state index in [4.69, 9.17) is 24.2 Å². The first-order chi connectivity index (χ1) is 20.4. The number of nitrogens with one attached hydrogen (secondary N) is 3. The standard InChI is InChI=1S/C31H35FN6O4/c1-20(21-8-5-4-6-9-21)35-30-34-16-14-24(36-30)26-25(22-10-12-23(32)13-11-22)37-27(38-26)28-41-18-31(2,19-42-28)29(39)33-15-7-17-40-3/h4-6,8-14,16,20,28H,7,15,17-19H2,1-3H3,(H,33,39)(H,37,38)(H,34,35,36). The number of halogens is 1. The highest BCUT2D eigenvalue weighted by molar-refractivity contribution is 5.82. The van der Waals surface area contributed by atoms with Gasteiger partial charge in [-0.1, -0.05) is 30.3 Å². The Labute approximate surface area is 244 Å². The third-order valence-corrected chi connectivity index (χ3v) is 7.09. The highest BCUT2D eigenvalue weighted by Gasteiger charge is 2.40. The molecule has 0 saturated carbocycles. The van der Waals surface area contributed by atoms with E-state index in [1.807, 2.05) is 37.3 Å². The predicted octanol–water partition coefficient (Wildman–Crippen LogP) is 5.05. The van der Waals surface area contributed by atoms with E-state index in [9.17, 15) is 9.18 Å². The zero-order valence-electron chi connectivity index (χ0n) is 23.9. The number of rotatable bonds is 11. The van der Waals surface area contributed by atoms with Gasteiger partial charge in [-0.3, -0.25) is 4.79 Å². The molecule has 4 aromatic rings. The molecule has 1 unspecified atom stereocenters. The van der Waals surface area contributed by atoms with Gasteiger partial charge in [-0.25, -0.2) is 19.3 Å². The van der Waals surface area contributed by atoms with Gasteiger partial charge in [-0.05, 0) is 56.2 Å². The van der Waals surface area contributed by atoms with Crippen LogP contribution in [0.15, 0.2) is 66.9 Å². The topological polar surface area (TPSA) is 123 Å². The number of carbonyl (C=O) groups is 1. The van der Waals surface area contributed by atoms with Crippen LogP contribution in [-0.4, -0.2) is 59.3 Å². The molecular formula is C31H35FN6O4. The number of methoxy groups -OCH3 is 1. The molecule has 3 heterocycles. The maximum Gasteiger partial charge on any atom is 0.230 e. The van der Waals surface area contributed by atoms with Gasteiger partial charge in [0.25, 0.3) is 0 Å². The van der Waals surface area contributed by atoms with Crippen molar-refractivity contribution in [1.82, 2.24) is 25.3 Å². The van der Waals surface area contributed by atoms with Gasteiger partial charge in [-0.2, -0.15) is 0 Å². The third kappa shape index (κ3) is 6.81. The molecule has 10 nitrogen and oxygen atoms in total. The summed E-state index contributed by atoms with van der Waals surface area (Å²) in [4.78, 5) is 30.0. The van der Waals surface area contributed by atoms with Crippen LogP contribution in [0.4, 0.5) is 10.3 Å². The van der Waals surface area contributed by atoms with Crippen LogP contribution in [0.2, 0.25) is 0 Å². The van der Waals surface area contributed by atoms with Gasteiger partial charge < -0.3 is 29.8 Å². The van der Waals surface area contributed by atoms with Crippen molar-refractivity contribution < 1.29 is 23.4 Å². The van der Waals surface area contributed by atoms with Crippen molar-refractivity contribution in [3.63, 3.8) is 0 Å². The number of carbonyl (C=O) groups excluding carboxylic acids is 1. The molecule has 5 rings (SSSR count). The highest BCUT2D eigenvalue weighted by Crippen LogP contribution is 2.35. The Hall–Kier alpha value is -4.19. The van der Waals surface area contributed by atoms with Gasteiger partial charge in [0.15, 0.2) is 5.82 Å². The SMILES string of the molecule is COCCCNC(=O)C1(C)COC(c2nc(-c3ccc(F)cc3)c(-c3ccnc(NC(C)c4ccccc4)n3)[nH]2)OC1. The number of benzene rings is 2. The average molecular weight is 575 g/mol. The fourth-order valence-corrected chi connectivity index (χ4v) is 4.62. The Morgan fingerprint density at radius 1 is 1.12 bits per heavy atom. The Bertz CT molecular complexity index is 1470. The maximum atomic E-state index is 13.8. The number of hydrogen-bond acceptors (Lipinski definition) is 8. The van der Waals surface area contributed by atoms with Gasteiger partial charge in [0, 0.05) is 32.0 Å². The van der Waals surface area contributed by atoms with Crippen molar-refractivity contribution in [3.05, 3.63) is 84.1 Å². The van der Waals surface area contributed by atoms with Crippen LogP contribution in [-0.2, 0) is 19.0 Å². The lowest BCUT2D eigenvalue weighted by molar-refractivity contribution is -0.231. The van der Waals surface area contributed by atoms with Crippen LogP contribution in [0.25, 0.3) is 22.6 Å². The summed E-state index contributed by atoms with van der Waals surface area (Å²) in [6.07, 6.45) is 1.56. The largest absolute Gasteiger partial charge is 0.385 e. The summed E-state index contributed by atoms with van der Waals surface area (Å²) in [5.74, 6) is 0.369. The number of H-pyrrole nitrogens is 1. The first kappa shape index (κ1) is 29.3. The van der Waals surface area contributed by atoms with E-state index >= 15 is 0 Å². The summed E-state index contributed by atoms with van der Waals surface area (Å²) in [6, 6.07) is 17.8. The number of hydrogen-bond donors (Lipinski definition) is 3. The van der Waals surface area contributed by atoms with Crippen molar-refractivity contribution in [1.29, 1.82) is 0 Å². The van der Waals surface area contributed by atoms with Crippen LogP contribution >= 0.6 is 0 Å². The molecule has 0 bridgehead atoms. The predicted molar refractivity (Wildman–Crippen MR) is 156 cm³/mol. The summed E-state index contributed by atoms with van der Waals surface area (Å²) in [7, 11) is 1.63. The summed E-state index contributed by atoms with van der Waals surface area (Å²) >= 11 is 0. The number of ether oxygens (including phenoxy) is 3. The molecule has 3 N–H and O–H groups in total. The highest BCUT2D eigenvalue weighted by atomic mass is 19.1. The van der Waals surface area contributed by atoms with E-state index in [-0.39, 0.29) is 31.0 Å². The van der Waals surface area contributed by atoms with Crippen LogP contribution in [0.3, 0.4) is 0 Å². The summed E-state index contributed by atoms with van der Waals surface area (Å²) < 4.78 is 30.8. The molecule has 1 saturated heterocycles. The second-order valence-electron chi connectivity index (χ2n) is 10.5. The maximum absolute atomic E-state index is 13.8. The quantitative estimate of drug-likeness (QED) is 0.213. The van der Waals surface area contributed by atoms with E-state index in [0.717, 1.165) is 12.0 Å². The molecule has 1 atom stereocenters. The molecular weight excluding hydrogens is 539 g/mol. The molecule has 1 amide bonds. The first-order valence-corrected chi connectivity index (χ1v) is 13.9. The van der Waals surface area contributed by atoms with E-state index in [1.54, 1.807) is 38.4 Å². The molecule has 0 aliphatic carbocycles. The Morgan fingerprint density at radius 3 is 2.57 bits per heavy atom. The van der Waals surface area contributed by atoms with E-state index in [1.165, 1.54) is 12.1 Å². The normalized spacial score (nSPS) is 19.3. The number of amides is 1. The molecule has 1 aliphatic rings. The Balaban J connectivity index is 1.37. The van der Waals surface area contributed by atoms with Crippen LogP contribution < -0.4 is 10.6 Å². The summed E-state index contributed by atoms with van der Waals surface area (Å²) in [5.41, 5.74) is 2.69. The second kappa shape index (κ2) is 13.2. The van der Waals surface area contributed by atoms with Gasteiger partial charge in [0.2, 0.25) is 18.1 Å². The van der Waals surface area contributed by atoms with Crippen LogP contribution in [0.1, 0.15) is 44.0 Å². The molecule has 0 radical (unpaired) electrons. The van der Waals surface area contributed by atoms with Crippen molar-refractivity contribution in [2.45, 2.75) is 32.6 Å². The number of imidazole rings is 1. The molecule has 1 aliphatic heterocycles. The fourth-order valence-electron chi connectivity index (χ4n) is 4.62. The van der Waals surface area contributed by atoms with Crippen LogP contribution in [0, 0.1) is 11.2 Å². The van der Waals surface area contributed by atoms with Crippen molar-refractivity contribution in [2.24, 2.45) is 5.41 Å². The van der Waals surface area contributed by atoms with Gasteiger partial charge >= 0.3 is 0 Å². The number of aromatic amines is 1. The molecule has 2 aromatic carbocycles. The molecule has 0 spiro atoms. The van der Waals surface area contributed by atoms with Crippen molar-refractivity contribution >= 4 is 11.9 Å². The average Bonchev–Trinajstić information content (AvgIpc) is 3.46. The molecule has 42 heavy (non-hydrogen) atoms. The van der Waals surface area contributed by atoms with Crippen LogP contribution in [0.5, 0.6) is 0 Å². The lowest BCUT2D eigenvalue weighted by Gasteiger charge is -2.35. The summed E-state index contributed by atoms with van der Waals surface area (Å²) in [6.45, 7) is 5.21. The summed E-state index contributed by atoms with van der Waals surface area (Å²) in [5, 5.41) is 6.26. The number of aromatic nitrogens is 4. The third-order valence-electron chi connectivity index (χ3n) is 7.09. The fraction of sp³-hybridized carbons (Fsp3) is 0.355. The van der Waals surface area contributed by atoms with E-state index in [2.05, 4.69) is 20.6 Å². The minimum atomic E-state index is -0.846. The number of anilines is 1. The molecule has 1 fully saturated rings. The van der Waals surface area contributed by atoms with Crippen molar-refractivity contribution in [2.75, 3.05) is 38.8 Å². The van der Waals surface area contributed by atoms with Gasteiger partial charge in [0.1, 0.15) is 5.82 Å². The number of nitrogens with zero attached hydrogens (tertiary/aromatic N) is 3. The molecule has 11 heteroatoms. The Morgan fingerprint density at radius 2 is 1.86 bits per heavy atom. The minimum absolute atomic E-state index is 0.0223. The monoisotopic (exact) mass is 574 g/mol. The minimum Gasteiger partial charge on any atom is -0.385 e. The lowest BCUT2D eigenvalue weighted by Crippen LogP contribution is -2.48. The first-order valence-electron chi connectivity index (χ1n) is 13.9. The van der Waals surface area contributed by atoms with E-state index in [0.29, 0.717) is 47.6 Å². The van der Waals surface area contributed by atoms with Gasteiger partial charge in [-0.15, -0.1) is 0 Å².